The van der Waals surface area contributed by atoms with E-state index in [2.05, 4.69) is 48.7 Å². The first-order valence-electron chi connectivity index (χ1n) is 7.80. The molecule has 0 unspecified atom stereocenters. The molecule has 0 fully saturated rings. The highest BCUT2D eigenvalue weighted by molar-refractivity contribution is 5.88. The number of para-hydroxylation sites is 1. The summed E-state index contributed by atoms with van der Waals surface area (Å²) >= 11 is 0. The number of ether oxygens (including phenoxy) is 1. The molecule has 3 heteroatoms. The Morgan fingerprint density at radius 1 is 1.09 bits per heavy atom. The number of nitrogens with zero attached hydrogens (tertiary/aromatic N) is 2. The van der Waals surface area contributed by atoms with Crippen LogP contribution in [0.25, 0.3) is 10.9 Å². The number of rotatable bonds is 4. The third-order valence-electron chi connectivity index (χ3n) is 4.26. The fraction of sp³-hybridized carbons (Fsp3) is 0.250. The van der Waals surface area contributed by atoms with Crippen LogP contribution in [0.1, 0.15) is 22.4 Å². The number of nitriles is 1. The van der Waals surface area contributed by atoms with Crippen molar-refractivity contribution in [2.45, 2.75) is 27.3 Å². The topological polar surface area (TPSA) is 38.0 Å². The highest BCUT2D eigenvalue weighted by Gasteiger charge is 2.13. The number of hydrogen-bond donors (Lipinski definition) is 0. The van der Waals surface area contributed by atoms with Crippen molar-refractivity contribution in [1.82, 2.24) is 4.57 Å². The summed E-state index contributed by atoms with van der Waals surface area (Å²) < 4.78 is 8.13. The SMILES string of the molecule is Cc1ccc(C)c(OCCn2c(C)c(C#N)c3ccccc32)c1. The molecule has 1 aromatic heterocycles. The maximum absolute atomic E-state index is 9.41. The Balaban J connectivity index is 1.84. The van der Waals surface area contributed by atoms with Crippen LogP contribution < -0.4 is 4.74 Å². The summed E-state index contributed by atoms with van der Waals surface area (Å²) in [6, 6.07) is 16.6. The predicted molar refractivity (Wildman–Crippen MR) is 92.8 cm³/mol. The first kappa shape index (κ1) is 15.2. The van der Waals surface area contributed by atoms with Gasteiger partial charge in [-0.05, 0) is 44.0 Å². The highest BCUT2D eigenvalue weighted by atomic mass is 16.5. The average Bonchev–Trinajstić information content (AvgIpc) is 2.82. The predicted octanol–water partition coefficient (Wildman–Crippen LogP) is 4.52. The molecule has 0 amide bonds. The second kappa shape index (κ2) is 6.18. The van der Waals surface area contributed by atoms with Crippen LogP contribution >= 0.6 is 0 Å². The van der Waals surface area contributed by atoms with E-state index >= 15 is 0 Å². The average molecular weight is 304 g/mol. The minimum Gasteiger partial charge on any atom is -0.491 e. The summed E-state index contributed by atoms with van der Waals surface area (Å²) in [6.45, 7) is 7.42. The summed E-state index contributed by atoms with van der Waals surface area (Å²) in [4.78, 5) is 0. The number of hydrogen-bond acceptors (Lipinski definition) is 2. The van der Waals surface area contributed by atoms with Gasteiger partial charge in [0.05, 0.1) is 12.1 Å². The van der Waals surface area contributed by atoms with E-state index in [0.29, 0.717) is 6.61 Å². The molecule has 0 atom stereocenters. The lowest BCUT2D eigenvalue weighted by Gasteiger charge is -2.12. The van der Waals surface area contributed by atoms with Gasteiger partial charge >= 0.3 is 0 Å². The third kappa shape index (κ3) is 2.80. The van der Waals surface area contributed by atoms with E-state index in [1.165, 1.54) is 5.56 Å². The molecule has 0 aliphatic heterocycles. The van der Waals surface area contributed by atoms with Crippen molar-refractivity contribution in [3.63, 3.8) is 0 Å². The molecular formula is C20H20N2O. The molecule has 3 aromatic rings. The highest BCUT2D eigenvalue weighted by Crippen LogP contribution is 2.25. The van der Waals surface area contributed by atoms with E-state index in [9.17, 15) is 5.26 Å². The number of aryl methyl sites for hydroxylation is 2. The van der Waals surface area contributed by atoms with Crippen molar-refractivity contribution in [3.8, 4) is 11.8 Å². The summed E-state index contributed by atoms with van der Waals surface area (Å²) in [5, 5.41) is 10.4. The second-order valence-electron chi connectivity index (χ2n) is 5.86. The zero-order chi connectivity index (χ0) is 16.4. The van der Waals surface area contributed by atoms with Crippen LogP contribution in [-0.2, 0) is 6.54 Å². The molecule has 0 aliphatic carbocycles. The van der Waals surface area contributed by atoms with Gasteiger partial charge in [0, 0.05) is 16.6 Å². The van der Waals surface area contributed by atoms with Crippen molar-refractivity contribution in [2.24, 2.45) is 0 Å². The first-order chi connectivity index (χ1) is 11.1. The number of benzene rings is 2. The van der Waals surface area contributed by atoms with E-state index in [1.807, 2.05) is 25.1 Å². The van der Waals surface area contributed by atoms with E-state index in [0.717, 1.165) is 40.0 Å². The van der Waals surface area contributed by atoms with Gasteiger partial charge in [0.2, 0.25) is 0 Å². The van der Waals surface area contributed by atoms with Gasteiger partial charge in [-0.1, -0.05) is 30.3 Å². The molecule has 23 heavy (non-hydrogen) atoms. The van der Waals surface area contributed by atoms with Crippen LogP contribution in [0.2, 0.25) is 0 Å². The standard InChI is InChI=1S/C20H20N2O/c1-14-8-9-15(2)20(12-14)23-11-10-22-16(3)18(13-21)17-6-4-5-7-19(17)22/h4-9,12H,10-11H2,1-3H3. The molecular weight excluding hydrogens is 284 g/mol. The van der Waals surface area contributed by atoms with Crippen molar-refractivity contribution >= 4 is 10.9 Å². The van der Waals surface area contributed by atoms with Crippen molar-refractivity contribution in [3.05, 3.63) is 64.8 Å². The van der Waals surface area contributed by atoms with Gasteiger partial charge in [-0.25, -0.2) is 0 Å². The zero-order valence-electron chi connectivity index (χ0n) is 13.8. The van der Waals surface area contributed by atoms with Gasteiger partial charge < -0.3 is 9.30 Å². The quantitative estimate of drug-likeness (QED) is 0.711. The molecule has 3 rings (SSSR count). The van der Waals surface area contributed by atoms with Gasteiger partial charge in [-0.15, -0.1) is 0 Å². The molecule has 0 spiro atoms. The Morgan fingerprint density at radius 3 is 2.65 bits per heavy atom. The van der Waals surface area contributed by atoms with Gasteiger partial charge in [-0.2, -0.15) is 5.26 Å². The Hall–Kier alpha value is -2.73. The molecule has 0 bridgehead atoms. The molecule has 1 heterocycles. The zero-order valence-corrected chi connectivity index (χ0v) is 13.8. The number of aromatic nitrogens is 1. The fourth-order valence-corrected chi connectivity index (χ4v) is 2.97. The van der Waals surface area contributed by atoms with Crippen LogP contribution in [0.4, 0.5) is 0 Å². The van der Waals surface area contributed by atoms with Gasteiger partial charge in [0.15, 0.2) is 0 Å². The smallest absolute Gasteiger partial charge is 0.122 e. The van der Waals surface area contributed by atoms with Crippen LogP contribution in [0.3, 0.4) is 0 Å². The van der Waals surface area contributed by atoms with Gasteiger partial charge in [-0.3, -0.25) is 0 Å². The molecule has 0 saturated heterocycles. The fourth-order valence-electron chi connectivity index (χ4n) is 2.97. The molecule has 0 saturated carbocycles. The molecule has 0 N–H and O–H groups in total. The Kier molecular flexibility index (Phi) is 4.08. The van der Waals surface area contributed by atoms with Crippen LogP contribution in [0.5, 0.6) is 5.75 Å². The normalized spacial score (nSPS) is 10.7. The first-order valence-corrected chi connectivity index (χ1v) is 7.80. The third-order valence-corrected chi connectivity index (χ3v) is 4.26. The molecule has 0 radical (unpaired) electrons. The van der Waals surface area contributed by atoms with Crippen molar-refractivity contribution in [1.29, 1.82) is 5.26 Å². The van der Waals surface area contributed by atoms with Crippen LogP contribution in [-0.4, -0.2) is 11.2 Å². The van der Waals surface area contributed by atoms with E-state index in [4.69, 9.17) is 4.74 Å². The lowest BCUT2D eigenvalue weighted by Crippen LogP contribution is -2.10. The largest absolute Gasteiger partial charge is 0.491 e. The molecule has 2 aromatic carbocycles. The Bertz CT molecular complexity index is 900. The minimum absolute atomic E-state index is 0.578. The Morgan fingerprint density at radius 2 is 1.87 bits per heavy atom. The monoisotopic (exact) mass is 304 g/mol. The van der Waals surface area contributed by atoms with E-state index < -0.39 is 0 Å². The summed E-state index contributed by atoms with van der Waals surface area (Å²) in [5.74, 6) is 0.930. The molecule has 3 nitrogen and oxygen atoms in total. The van der Waals surface area contributed by atoms with Crippen molar-refractivity contribution in [2.75, 3.05) is 6.61 Å². The van der Waals surface area contributed by atoms with Crippen LogP contribution in [0.15, 0.2) is 42.5 Å². The van der Waals surface area contributed by atoms with Crippen LogP contribution in [0, 0.1) is 32.1 Å². The number of fused-ring (bicyclic) bond motifs is 1. The van der Waals surface area contributed by atoms with E-state index in [1.54, 1.807) is 0 Å². The second-order valence-corrected chi connectivity index (χ2v) is 5.86. The van der Waals surface area contributed by atoms with Gasteiger partial charge in [0.1, 0.15) is 18.4 Å². The molecule has 116 valence electrons. The molecule has 0 aliphatic rings. The van der Waals surface area contributed by atoms with Gasteiger partial charge in [0.25, 0.3) is 0 Å². The lowest BCUT2D eigenvalue weighted by atomic mass is 10.1. The Labute approximate surface area is 136 Å². The maximum Gasteiger partial charge on any atom is 0.122 e. The maximum atomic E-state index is 9.41. The lowest BCUT2D eigenvalue weighted by molar-refractivity contribution is 0.297. The van der Waals surface area contributed by atoms with E-state index in [-0.39, 0.29) is 0 Å². The summed E-state index contributed by atoms with van der Waals surface area (Å²) in [6.07, 6.45) is 0. The summed E-state index contributed by atoms with van der Waals surface area (Å²) in [5.41, 5.74) is 5.18. The minimum atomic E-state index is 0.578. The summed E-state index contributed by atoms with van der Waals surface area (Å²) in [7, 11) is 0. The van der Waals surface area contributed by atoms with Crippen molar-refractivity contribution < 1.29 is 4.74 Å².